The number of hydrogen-bond acceptors (Lipinski definition) is 5. The summed E-state index contributed by atoms with van der Waals surface area (Å²) in [6.07, 6.45) is 3.07. The van der Waals surface area contributed by atoms with Crippen molar-refractivity contribution in [3.63, 3.8) is 0 Å². The van der Waals surface area contributed by atoms with Crippen LogP contribution in [0.25, 0.3) is 0 Å². The summed E-state index contributed by atoms with van der Waals surface area (Å²) < 4.78 is 46.9. The van der Waals surface area contributed by atoms with Gasteiger partial charge in [-0.25, -0.2) is 16.8 Å². The highest BCUT2D eigenvalue weighted by atomic mass is 32.2. The topological polar surface area (TPSA) is 95.3 Å². The summed E-state index contributed by atoms with van der Waals surface area (Å²) in [5.41, 5.74) is 0. The number of nitrogens with zero attached hydrogens (tertiary/aromatic N) is 2. The lowest BCUT2D eigenvalue weighted by Crippen LogP contribution is -2.44. The van der Waals surface area contributed by atoms with E-state index in [1.54, 1.807) is 0 Å². The van der Waals surface area contributed by atoms with Gasteiger partial charge in [-0.15, -0.1) is 0 Å². The molecule has 98 valence electrons. The fourth-order valence-electron chi connectivity index (χ4n) is 1.74. The van der Waals surface area contributed by atoms with E-state index in [0.29, 0.717) is 13.0 Å². The van der Waals surface area contributed by atoms with E-state index in [1.807, 2.05) is 6.07 Å². The molecule has 0 aromatic carbocycles. The maximum Gasteiger partial charge on any atom is 0.216 e. The highest BCUT2D eigenvalue weighted by molar-refractivity contribution is 7.93. The molecule has 0 aromatic rings. The van der Waals surface area contributed by atoms with E-state index in [9.17, 15) is 16.8 Å². The summed E-state index contributed by atoms with van der Waals surface area (Å²) in [7, 11) is -6.96. The van der Waals surface area contributed by atoms with Crippen LogP contribution in [0, 0.1) is 11.3 Å². The first-order valence-corrected chi connectivity index (χ1v) is 9.00. The molecule has 0 bridgehead atoms. The lowest BCUT2D eigenvalue weighted by molar-refractivity contribution is 0.297. The van der Waals surface area contributed by atoms with Crippen molar-refractivity contribution in [3.05, 3.63) is 0 Å². The van der Waals surface area contributed by atoms with Crippen molar-refractivity contribution in [1.29, 1.82) is 5.26 Å². The Morgan fingerprint density at radius 2 is 1.88 bits per heavy atom. The number of sulfone groups is 1. The molecule has 17 heavy (non-hydrogen) atoms. The molecule has 0 radical (unpaired) electrons. The zero-order chi connectivity index (χ0) is 13.1. The average molecular weight is 280 g/mol. The largest absolute Gasteiger partial charge is 0.229 e. The van der Waals surface area contributed by atoms with Gasteiger partial charge in [-0.2, -0.15) is 9.57 Å². The predicted octanol–water partition coefficient (Wildman–Crippen LogP) is -0.261. The van der Waals surface area contributed by atoms with Gasteiger partial charge < -0.3 is 0 Å². The molecule has 0 saturated carbocycles. The summed E-state index contributed by atoms with van der Waals surface area (Å²) in [4.78, 5) is 0. The molecule has 1 atom stereocenters. The Morgan fingerprint density at radius 3 is 2.41 bits per heavy atom. The van der Waals surface area contributed by atoms with Crippen LogP contribution in [0.3, 0.4) is 0 Å². The lowest BCUT2D eigenvalue weighted by atomic mass is 10.1. The molecule has 1 unspecified atom stereocenters. The second kappa shape index (κ2) is 5.33. The van der Waals surface area contributed by atoms with Gasteiger partial charge in [0, 0.05) is 12.8 Å². The van der Waals surface area contributed by atoms with Crippen molar-refractivity contribution in [2.24, 2.45) is 0 Å². The van der Waals surface area contributed by atoms with Gasteiger partial charge in [0.1, 0.15) is 15.9 Å². The molecule has 0 amide bonds. The molecule has 8 heteroatoms. The van der Waals surface area contributed by atoms with Crippen LogP contribution in [0.15, 0.2) is 0 Å². The molecule has 1 saturated heterocycles. The first kappa shape index (κ1) is 14.4. The van der Waals surface area contributed by atoms with Gasteiger partial charge >= 0.3 is 0 Å². The minimum absolute atomic E-state index is 0.310. The molecular weight excluding hydrogens is 264 g/mol. The summed E-state index contributed by atoms with van der Waals surface area (Å²) in [5, 5.41) is 8.88. The molecule has 0 aromatic heterocycles. The van der Waals surface area contributed by atoms with E-state index in [2.05, 4.69) is 0 Å². The van der Waals surface area contributed by atoms with E-state index >= 15 is 0 Å². The van der Waals surface area contributed by atoms with Gasteiger partial charge in [-0.05, 0) is 19.3 Å². The zero-order valence-corrected chi connectivity index (χ0v) is 11.3. The van der Waals surface area contributed by atoms with Gasteiger partial charge in [-0.3, -0.25) is 0 Å². The van der Waals surface area contributed by atoms with Gasteiger partial charge in [0.05, 0.1) is 17.6 Å². The third-order valence-electron chi connectivity index (χ3n) is 2.67. The van der Waals surface area contributed by atoms with Crippen molar-refractivity contribution in [2.75, 3.05) is 24.3 Å². The fraction of sp³-hybridized carbons (Fsp3) is 0.889. The monoisotopic (exact) mass is 280 g/mol. The van der Waals surface area contributed by atoms with Crippen LogP contribution in [0.2, 0.25) is 0 Å². The number of piperidine rings is 1. The van der Waals surface area contributed by atoms with Crippen molar-refractivity contribution >= 4 is 19.9 Å². The third kappa shape index (κ3) is 4.26. The van der Waals surface area contributed by atoms with Crippen LogP contribution < -0.4 is 0 Å². The summed E-state index contributed by atoms with van der Waals surface area (Å²) >= 11 is 0. The van der Waals surface area contributed by atoms with Crippen molar-refractivity contribution in [3.8, 4) is 6.07 Å². The zero-order valence-electron chi connectivity index (χ0n) is 9.66. The first-order valence-electron chi connectivity index (χ1n) is 5.33. The van der Waals surface area contributed by atoms with Crippen LogP contribution >= 0.6 is 0 Å². The van der Waals surface area contributed by atoms with E-state index in [4.69, 9.17) is 5.26 Å². The number of rotatable bonds is 4. The Labute approximate surface area is 102 Å². The molecule has 0 spiro atoms. The number of sulfonamides is 1. The van der Waals surface area contributed by atoms with Gasteiger partial charge in [-0.1, -0.05) is 0 Å². The van der Waals surface area contributed by atoms with Crippen LogP contribution in [0.5, 0.6) is 0 Å². The maximum atomic E-state index is 11.9. The SMILES string of the molecule is CS(=O)(=O)CCS(=O)(=O)N1CCCCC1C#N. The minimum atomic E-state index is -3.65. The Balaban J connectivity index is 2.79. The Morgan fingerprint density at radius 1 is 1.24 bits per heavy atom. The molecule has 1 aliphatic heterocycles. The summed E-state index contributed by atoms with van der Waals surface area (Å²) in [6, 6.07) is 1.31. The van der Waals surface area contributed by atoms with Crippen molar-refractivity contribution in [1.82, 2.24) is 4.31 Å². The molecule has 1 fully saturated rings. The van der Waals surface area contributed by atoms with E-state index < -0.39 is 37.4 Å². The fourth-order valence-corrected chi connectivity index (χ4v) is 4.98. The summed E-state index contributed by atoms with van der Waals surface area (Å²) in [6.45, 7) is 0.310. The minimum Gasteiger partial charge on any atom is -0.229 e. The van der Waals surface area contributed by atoms with Gasteiger partial charge in [0.15, 0.2) is 0 Å². The quantitative estimate of drug-likeness (QED) is 0.707. The van der Waals surface area contributed by atoms with E-state index in [1.165, 1.54) is 0 Å². The average Bonchev–Trinajstić information content (AvgIpc) is 2.26. The number of nitriles is 1. The van der Waals surface area contributed by atoms with Crippen LogP contribution in [-0.2, 0) is 19.9 Å². The third-order valence-corrected chi connectivity index (χ3v) is 5.75. The van der Waals surface area contributed by atoms with Crippen molar-refractivity contribution in [2.45, 2.75) is 25.3 Å². The molecule has 1 rings (SSSR count). The van der Waals surface area contributed by atoms with E-state index in [-0.39, 0.29) is 0 Å². The van der Waals surface area contributed by atoms with Gasteiger partial charge in [0.2, 0.25) is 10.0 Å². The predicted molar refractivity (Wildman–Crippen MR) is 63.5 cm³/mol. The Bertz CT molecular complexity index is 504. The molecule has 1 aliphatic rings. The Hall–Kier alpha value is -0.650. The van der Waals surface area contributed by atoms with Crippen molar-refractivity contribution < 1.29 is 16.8 Å². The van der Waals surface area contributed by atoms with E-state index in [0.717, 1.165) is 23.4 Å². The molecule has 0 N–H and O–H groups in total. The highest BCUT2D eigenvalue weighted by Gasteiger charge is 2.32. The second-order valence-electron chi connectivity index (χ2n) is 4.20. The number of hydrogen-bond donors (Lipinski definition) is 0. The molecule has 6 nitrogen and oxygen atoms in total. The van der Waals surface area contributed by atoms with Crippen LogP contribution in [0.1, 0.15) is 19.3 Å². The van der Waals surface area contributed by atoms with Crippen LogP contribution in [0.4, 0.5) is 0 Å². The molecule has 1 heterocycles. The molecular formula is C9H16N2O4S2. The highest BCUT2D eigenvalue weighted by Crippen LogP contribution is 2.20. The Kier molecular flexibility index (Phi) is 4.52. The second-order valence-corrected chi connectivity index (χ2v) is 8.50. The first-order chi connectivity index (χ1) is 7.76. The lowest BCUT2D eigenvalue weighted by Gasteiger charge is -2.30. The smallest absolute Gasteiger partial charge is 0.216 e. The standard InChI is InChI=1S/C9H16N2O4S2/c1-16(12,13)6-7-17(14,15)11-5-3-2-4-9(11)8-10/h9H,2-7H2,1H3. The summed E-state index contributed by atoms with van der Waals surface area (Å²) in [5.74, 6) is -0.839. The van der Waals surface area contributed by atoms with Gasteiger partial charge in [0.25, 0.3) is 0 Å². The molecule has 0 aliphatic carbocycles. The van der Waals surface area contributed by atoms with Crippen LogP contribution in [-0.4, -0.2) is 51.5 Å². The maximum absolute atomic E-state index is 11.9. The normalized spacial score (nSPS) is 23.2.